The average molecular weight is 441 g/mol. The van der Waals surface area contributed by atoms with E-state index in [1.165, 1.54) is 0 Å². The van der Waals surface area contributed by atoms with E-state index in [2.05, 4.69) is 20.6 Å². The number of carbonyl (C=O) groups is 1. The monoisotopic (exact) mass is 441 g/mol. The van der Waals surface area contributed by atoms with Gasteiger partial charge in [-0.05, 0) is 29.8 Å². The molecule has 2 heterocycles. The van der Waals surface area contributed by atoms with Crippen LogP contribution in [0.2, 0.25) is 0 Å². The number of nitrogens with two attached hydrogens (primary N) is 2. The van der Waals surface area contributed by atoms with Crippen molar-refractivity contribution in [2.24, 2.45) is 16.5 Å². The molecule has 2 amide bonds. The number of hydrogen-bond acceptors (Lipinski definition) is 5. The Morgan fingerprint density at radius 2 is 2.09 bits per heavy atom. The minimum Gasteiger partial charge on any atom is -0.400 e. The van der Waals surface area contributed by atoms with Crippen LogP contribution in [-0.2, 0) is 0 Å². The number of halogens is 2. The van der Waals surface area contributed by atoms with Crippen molar-refractivity contribution in [1.29, 1.82) is 0 Å². The lowest BCUT2D eigenvalue weighted by atomic mass is 10.1. The molecule has 0 bridgehead atoms. The molecule has 2 aromatic heterocycles. The van der Waals surface area contributed by atoms with Crippen molar-refractivity contribution in [3.8, 4) is 11.3 Å². The number of aliphatic imine (C=N–C) groups is 1. The van der Waals surface area contributed by atoms with Crippen molar-refractivity contribution in [3.05, 3.63) is 60.1 Å². The Kier molecular flexibility index (Phi) is 6.84. The van der Waals surface area contributed by atoms with E-state index in [1.54, 1.807) is 37.7 Å². The molecule has 0 fully saturated rings. The number of amides is 2. The summed E-state index contributed by atoms with van der Waals surface area (Å²) in [7, 11) is 1.66. The number of fused-ring (bicyclic) bond motifs is 1. The van der Waals surface area contributed by atoms with Crippen LogP contribution in [0.25, 0.3) is 22.5 Å². The van der Waals surface area contributed by atoms with Crippen LogP contribution in [0.1, 0.15) is 12.5 Å². The molecule has 0 radical (unpaired) electrons. The fraction of sp³-hybridized carbons (Fsp3) is 0.227. The van der Waals surface area contributed by atoms with Crippen LogP contribution in [0.3, 0.4) is 0 Å². The summed E-state index contributed by atoms with van der Waals surface area (Å²) in [6.07, 6.45) is 5.22. The van der Waals surface area contributed by atoms with E-state index in [9.17, 15) is 13.6 Å². The third kappa shape index (κ3) is 5.46. The number of aromatic nitrogens is 2. The van der Waals surface area contributed by atoms with Crippen LogP contribution in [0.4, 0.5) is 19.3 Å². The maximum atomic E-state index is 12.9. The molecule has 0 aliphatic carbocycles. The van der Waals surface area contributed by atoms with E-state index in [0.29, 0.717) is 17.0 Å². The molecule has 168 valence electrons. The molecule has 32 heavy (non-hydrogen) atoms. The van der Waals surface area contributed by atoms with E-state index in [4.69, 9.17) is 11.5 Å². The predicted octanol–water partition coefficient (Wildman–Crippen LogP) is 3.11. The maximum Gasteiger partial charge on any atom is 0.319 e. The summed E-state index contributed by atoms with van der Waals surface area (Å²) in [6, 6.07) is 10.1. The summed E-state index contributed by atoms with van der Waals surface area (Å²) >= 11 is 0. The van der Waals surface area contributed by atoms with Gasteiger partial charge in [-0.3, -0.25) is 9.39 Å². The van der Waals surface area contributed by atoms with Gasteiger partial charge in [0.1, 0.15) is 5.65 Å². The Morgan fingerprint density at radius 1 is 1.31 bits per heavy atom. The second-order valence-corrected chi connectivity index (χ2v) is 7.28. The van der Waals surface area contributed by atoms with Crippen molar-refractivity contribution in [1.82, 2.24) is 14.7 Å². The number of allylic oxidation sites excluding steroid dienone is 1. The van der Waals surface area contributed by atoms with Gasteiger partial charge in [0.05, 0.1) is 18.4 Å². The number of nitrogens with zero attached hydrogens (tertiary/aromatic N) is 3. The number of carbonyl (C=O) groups excluding carboxylic acids is 1. The summed E-state index contributed by atoms with van der Waals surface area (Å²) in [5.74, 6) is -2.98. The Morgan fingerprint density at radius 3 is 2.78 bits per heavy atom. The van der Waals surface area contributed by atoms with Gasteiger partial charge < -0.3 is 22.1 Å². The van der Waals surface area contributed by atoms with Crippen LogP contribution < -0.4 is 22.1 Å². The first-order valence-corrected chi connectivity index (χ1v) is 9.83. The van der Waals surface area contributed by atoms with Crippen molar-refractivity contribution < 1.29 is 13.6 Å². The second kappa shape index (κ2) is 9.56. The Bertz CT molecular complexity index is 1180. The van der Waals surface area contributed by atoms with Gasteiger partial charge in [-0.2, -0.15) is 0 Å². The zero-order valence-corrected chi connectivity index (χ0v) is 17.8. The van der Waals surface area contributed by atoms with E-state index in [0.717, 1.165) is 29.3 Å². The molecular weight excluding hydrogens is 416 g/mol. The molecule has 0 atom stereocenters. The normalized spacial score (nSPS) is 12.8. The molecule has 8 nitrogen and oxygen atoms in total. The summed E-state index contributed by atoms with van der Waals surface area (Å²) < 4.78 is 27.7. The molecule has 6 N–H and O–H groups in total. The van der Waals surface area contributed by atoms with Gasteiger partial charge >= 0.3 is 6.03 Å². The second-order valence-electron chi connectivity index (χ2n) is 7.28. The van der Waals surface area contributed by atoms with Gasteiger partial charge in [-0.15, -0.1) is 0 Å². The van der Waals surface area contributed by atoms with Crippen LogP contribution in [0, 0.1) is 0 Å². The smallest absolute Gasteiger partial charge is 0.319 e. The van der Waals surface area contributed by atoms with Crippen LogP contribution in [-0.4, -0.2) is 47.7 Å². The molecule has 0 aliphatic rings. The molecule has 0 spiro atoms. The van der Waals surface area contributed by atoms with Crippen molar-refractivity contribution in [2.75, 3.05) is 25.5 Å². The largest absolute Gasteiger partial charge is 0.400 e. The van der Waals surface area contributed by atoms with Crippen LogP contribution in [0.5, 0.6) is 0 Å². The third-order valence-corrected chi connectivity index (χ3v) is 4.62. The van der Waals surface area contributed by atoms with Gasteiger partial charge in [-0.1, -0.05) is 12.1 Å². The minimum absolute atomic E-state index is 0.204. The SMILES string of the molecule is CN=CC(=C(N)CN)c1ccn2c(-c3cccc(NC(=O)NCC(C)(F)F)c3)cnc2c1. The topological polar surface area (TPSA) is 123 Å². The van der Waals surface area contributed by atoms with E-state index in [-0.39, 0.29) is 6.54 Å². The van der Waals surface area contributed by atoms with Crippen molar-refractivity contribution >= 4 is 29.2 Å². The van der Waals surface area contributed by atoms with E-state index < -0.39 is 18.5 Å². The summed E-state index contributed by atoms with van der Waals surface area (Å²) in [5.41, 5.74) is 16.5. The first kappa shape index (κ1) is 22.9. The number of imidazole rings is 1. The van der Waals surface area contributed by atoms with Crippen LogP contribution >= 0.6 is 0 Å². The highest BCUT2D eigenvalue weighted by Crippen LogP contribution is 2.25. The Hall–Kier alpha value is -3.79. The fourth-order valence-corrected chi connectivity index (χ4v) is 3.11. The fourth-order valence-electron chi connectivity index (χ4n) is 3.11. The third-order valence-electron chi connectivity index (χ3n) is 4.62. The van der Waals surface area contributed by atoms with Crippen molar-refractivity contribution in [2.45, 2.75) is 12.8 Å². The maximum absolute atomic E-state index is 12.9. The number of benzene rings is 1. The van der Waals surface area contributed by atoms with Gasteiger partial charge in [0.25, 0.3) is 5.92 Å². The van der Waals surface area contributed by atoms with Crippen LogP contribution in [0.15, 0.2) is 59.5 Å². The van der Waals surface area contributed by atoms with Gasteiger partial charge in [0.2, 0.25) is 0 Å². The number of rotatable bonds is 7. The Labute approximate surface area is 184 Å². The lowest BCUT2D eigenvalue weighted by molar-refractivity contribution is 0.0257. The molecule has 3 aromatic rings. The Balaban J connectivity index is 1.88. The number of anilines is 1. The number of hydrogen-bond donors (Lipinski definition) is 4. The highest BCUT2D eigenvalue weighted by molar-refractivity contribution is 6.11. The average Bonchev–Trinajstić information content (AvgIpc) is 3.18. The number of nitrogens with one attached hydrogen (secondary N) is 2. The predicted molar refractivity (Wildman–Crippen MR) is 123 cm³/mol. The first-order valence-electron chi connectivity index (χ1n) is 9.83. The van der Waals surface area contributed by atoms with Gasteiger partial charge in [0.15, 0.2) is 0 Å². The molecule has 0 aliphatic heterocycles. The molecule has 10 heteroatoms. The lowest BCUT2D eigenvalue weighted by Crippen LogP contribution is -2.37. The summed E-state index contributed by atoms with van der Waals surface area (Å²) in [4.78, 5) is 20.4. The zero-order valence-electron chi connectivity index (χ0n) is 17.8. The molecule has 0 saturated heterocycles. The zero-order chi connectivity index (χ0) is 23.3. The van der Waals surface area contributed by atoms with Gasteiger partial charge in [0, 0.05) is 55.4 Å². The van der Waals surface area contributed by atoms with Crippen molar-refractivity contribution in [3.63, 3.8) is 0 Å². The molecule has 1 aromatic carbocycles. The summed E-state index contributed by atoms with van der Waals surface area (Å²) in [6.45, 7) is 0.194. The quantitative estimate of drug-likeness (QED) is 0.421. The lowest BCUT2D eigenvalue weighted by Gasteiger charge is -2.13. The standard InChI is InChI=1S/C22H25F2N7O/c1-22(23,24)13-29-21(32)30-16-5-3-4-15(8-16)19-12-28-20-9-14(6-7-31(19)20)17(11-27-2)18(26)10-25/h3-9,11-12H,10,13,25-26H2,1-2H3,(H2,29,30,32). The molecule has 0 unspecified atom stereocenters. The molecular formula is C22H25F2N7O. The highest BCUT2D eigenvalue weighted by atomic mass is 19.3. The highest BCUT2D eigenvalue weighted by Gasteiger charge is 2.21. The van der Waals surface area contributed by atoms with E-state index in [1.807, 2.05) is 28.8 Å². The molecule has 3 rings (SSSR count). The first-order chi connectivity index (χ1) is 15.2. The number of pyridine rings is 1. The summed E-state index contributed by atoms with van der Waals surface area (Å²) in [5, 5.41) is 4.71. The number of alkyl halides is 2. The van der Waals surface area contributed by atoms with E-state index >= 15 is 0 Å². The minimum atomic E-state index is -2.98. The number of urea groups is 1. The van der Waals surface area contributed by atoms with Gasteiger partial charge in [-0.25, -0.2) is 18.6 Å². The molecule has 0 saturated carbocycles.